The molecule has 29 heavy (non-hydrogen) atoms. The Morgan fingerprint density at radius 2 is 2.10 bits per heavy atom. The zero-order valence-electron chi connectivity index (χ0n) is 16.2. The number of carbonyl (C=O) groups excluding carboxylic acids is 1. The van der Waals surface area contributed by atoms with Gasteiger partial charge in [0, 0.05) is 55.8 Å². The van der Waals surface area contributed by atoms with Crippen LogP contribution in [0, 0.1) is 5.82 Å². The molecule has 0 aliphatic carbocycles. The summed E-state index contributed by atoms with van der Waals surface area (Å²) in [6.07, 6.45) is 8.50. The van der Waals surface area contributed by atoms with Crippen molar-refractivity contribution in [3.63, 3.8) is 0 Å². The summed E-state index contributed by atoms with van der Waals surface area (Å²) >= 11 is 5.48. The molecule has 1 amide bonds. The monoisotopic (exact) mass is 415 g/mol. The average molecular weight is 416 g/mol. The van der Waals surface area contributed by atoms with Crippen LogP contribution in [-0.4, -0.2) is 53.8 Å². The highest BCUT2D eigenvalue weighted by Gasteiger charge is 2.25. The number of allylic oxidation sites excluding steroid dienone is 1. The van der Waals surface area contributed by atoms with Crippen molar-refractivity contribution in [2.24, 2.45) is 4.99 Å². The van der Waals surface area contributed by atoms with Crippen LogP contribution in [0.3, 0.4) is 0 Å². The summed E-state index contributed by atoms with van der Waals surface area (Å²) in [5.74, 6) is -0.787. The Kier molecular flexibility index (Phi) is 7.43. The number of halogens is 2. The number of carbonyl (C=O) groups is 1. The van der Waals surface area contributed by atoms with Crippen LogP contribution < -0.4 is 5.32 Å². The van der Waals surface area contributed by atoms with Gasteiger partial charge in [-0.2, -0.15) is 0 Å². The lowest BCUT2D eigenvalue weighted by molar-refractivity contribution is 0.0959. The van der Waals surface area contributed by atoms with Crippen molar-refractivity contribution in [3.05, 3.63) is 59.3 Å². The summed E-state index contributed by atoms with van der Waals surface area (Å²) in [4.78, 5) is 27.3. The maximum Gasteiger partial charge on any atom is 0.253 e. The Morgan fingerprint density at radius 3 is 2.79 bits per heavy atom. The lowest BCUT2D eigenvalue weighted by atomic mass is 9.90. The van der Waals surface area contributed by atoms with E-state index in [0.29, 0.717) is 17.9 Å². The number of likely N-dealkylation sites (tertiary alicyclic amines) is 1. The van der Waals surface area contributed by atoms with Crippen LogP contribution in [0.5, 0.6) is 0 Å². The molecule has 2 heterocycles. The smallest absolute Gasteiger partial charge is 0.253 e. The van der Waals surface area contributed by atoms with Gasteiger partial charge in [-0.1, -0.05) is 17.7 Å². The molecule has 1 aromatic carbocycles. The van der Waals surface area contributed by atoms with Gasteiger partial charge in [0.1, 0.15) is 5.82 Å². The second kappa shape index (κ2) is 10.2. The molecular weight excluding hydrogens is 393 g/mol. The van der Waals surface area contributed by atoms with Crippen molar-refractivity contribution >= 4 is 23.7 Å². The summed E-state index contributed by atoms with van der Waals surface area (Å²) in [6.45, 7) is 2.42. The maximum atomic E-state index is 14.4. The van der Waals surface area contributed by atoms with E-state index < -0.39 is 11.7 Å². The maximum absolute atomic E-state index is 14.4. The minimum Gasteiger partial charge on any atom is -0.355 e. The van der Waals surface area contributed by atoms with E-state index in [9.17, 15) is 9.18 Å². The molecule has 6 nitrogen and oxygen atoms in total. The average Bonchev–Trinajstić information content (AvgIpc) is 2.76. The first-order chi connectivity index (χ1) is 14.1. The lowest BCUT2D eigenvalue weighted by Gasteiger charge is -2.31. The Morgan fingerprint density at radius 1 is 1.34 bits per heavy atom. The van der Waals surface area contributed by atoms with Crippen molar-refractivity contribution in [2.45, 2.75) is 18.8 Å². The molecule has 0 atom stereocenters. The highest BCUT2D eigenvalue weighted by atomic mass is 35.5. The SMILES string of the molecule is CNC(=O)c1ccc(-c2nccnc2C2CCN(CN=CC=CCl)CC2)cc1F. The topological polar surface area (TPSA) is 70.5 Å². The summed E-state index contributed by atoms with van der Waals surface area (Å²) in [6, 6.07) is 4.56. The Labute approximate surface area is 174 Å². The first kappa shape index (κ1) is 21.1. The van der Waals surface area contributed by atoms with E-state index in [0.717, 1.165) is 31.6 Å². The third-order valence-corrected chi connectivity index (χ3v) is 5.11. The van der Waals surface area contributed by atoms with Crippen molar-refractivity contribution in [1.82, 2.24) is 20.2 Å². The molecule has 0 saturated carbocycles. The number of hydrogen-bond donors (Lipinski definition) is 1. The summed E-state index contributed by atoms with van der Waals surface area (Å²) in [5.41, 5.74) is 3.60. The van der Waals surface area contributed by atoms with E-state index in [1.165, 1.54) is 24.7 Å². The summed E-state index contributed by atoms with van der Waals surface area (Å²) < 4.78 is 14.4. The molecule has 0 spiro atoms. The van der Waals surface area contributed by atoms with E-state index in [4.69, 9.17) is 11.6 Å². The largest absolute Gasteiger partial charge is 0.355 e. The summed E-state index contributed by atoms with van der Waals surface area (Å²) in [5, 5.41) is 2.44. The van der Waals surface area contributed by atoms with Crippen molar-refractivity contribution in [2.75, 3.05) is 26.8 Å². The van der Waals surface area contributed by atoms with Crippen molar-refractivity contribution in [3.8, 4) is 11.3 Å². The van der Waals surface area contributed by atoms with Gasteiger partial charge in [0.25, 0.3) is 5.91 Å². The number of rotatable bonds is 6. The fourth-order valence-corrected chi connectivity index (χ4v) is 3.52. The number of nitrogens with one attached hydrogen (secondary N) is 1. The molecule has 1 fully saturated rings. The molecule has 0 bridgehead atoms. The van der Waals surface area contributed by atoms with Gasteiger partial charge < -0.3 is 5.32 Å². The van der Waals surface area contributed by atoms with Gasteiger partial charge in [-0.3, -0.25) is 24.7 Å². The van der Waals surface area contributed by atoms with Crippen LogP contribution >= 0.6 is 11.6 Å². The number of benzene rings is 1. The number of aromatic nitrogens is 2. The first-order valence-electron chi connectivity index (χ1n) is 9.44. The molecule has 0 unspecified atom stereocenters. The molecule has 1 aromatic heterocycles. The molecule has 1 saturated heterocycles. The van der Waals surface area contributed by atoms with E-state index in [-0.39, 0.29) is 11.5 Å². The molecule has 3 rings (SSSR count). The van der Waals surface area contributed by atoms with Gasteiger partial charge in [-0.25, -0.2) is 4.39 Å². The number of nitrogens with zero attached hydrogens (tertiary/aromatic N) is 4. The third kappa shape index (κ3) is 5.25. The minimum absolute atomic E-state index is 0.0135. The first-order valence-corrected chi connectivity index (χ1v) is 9.88. The van der Waals surface area contributed by atoms with Crippen molar-refractivity contribution in [1.29, 1.82) is 0 Å². The van der Waals surface area contributed by atoms with Gasteiger partial charge in [-0.15, -0.1) is 0 Å². The molecule has 1 aliphatic rings. The highest BCUT2D eigenvalue weighted by Crippen LogP contribution is 2.33. The van der Waals surface area contributed by atoms with Crippen LogP contribution in [0.2, 0.25) is 0 Å². The Bertz CT molecular complexity index is 910. The Balaban J connectivity index is 1.75. The fourth-order valence-electron chi connectivity index (χ4n) is 3.45. The van der Waals surface area contributed by atoms with Gasteiger partial charge in [0.05, 0.1) is 23.6 Å². The molecular formula is C21H23ClFN5O. The lowest BCUT2D eigenvalue weighted by Crippen LogP contribution is -2.33. The summed E-state index contributed by atoms with van der Waals surface area (Å²) in [7, 11) is 1.47. The van der Waals surface area contributed by atoms with Crippen LogP contribution in [-0.2, 0) is 0 Å². The molecule has 8 heteroatoms. The van der Waals surface area contributed by atoms with E-state index in [2.05, 4.69) is 25.2 Å². The molecule has 0 radical (unpaired) electrons. The van der Waals surface area contributed by atoms with E-state index in [1.807, 2.05) is 0 Å². The van der Waals surface area contributed by atoms with Gasteiger partial charge in [0.15, 0.2) is 0 Å². The number of hydrogen-bond acceptors (Lipinski definition) is 5. The van der Waals surface area contributed by atoms with Gasteiger partial charge in [0.2, 0.25) is 0 Å². The van der Waals surface area contributed by atoms with Crippen molar-refractivity contribution < 1.29 is 9.18 Å². The van der Waals surface area contributed by atoms with Crippen LogP contribution in [0.15, 0.2) is 47.2 Å². The molecule has 1 N–H and O–H groups in total. The zero-order valence-corrected chi connectivity index (χ0v) is 16.9. The zero-order chi connectivity index (χ0) is 20.6. The predicted octanol–water partition coefficient (Wildman–Crippen LogP) is 3.60. The Hall–Kier alpha value is -2.64. The van der Waals surface area contributed by atoms with Gasteiger partial charge in [-0.05, 0) is 31.1 Å². The third-order valence-electron chi connectivity index (χ3n) is 4.96. The normalized spacial score (nSPS) is 16.0. The minimum atomic E-state index is -0.572. The second-order valence-electron chi connectivity index (χ2n) is 6.75. The van der Waals surface area contributed by atoms with Crippen LogP contribution in [0.4, 0.5) is 4.39 Å². The van der Waals surface area contributed by atoms with Gasteiger partial charge >= 0.3 is 0 Å². The number of aliphatic imine (C=N–C) groups is 1. The molecule has 152 valence electrons. The quantitative estimate of drug-likeness (QED) is 0.732. The van der Waals surface area contributed by atoms with Crippen LogP contribution in [0.1, 0.15) is 34.8 Å². The molecule has 1 aliphatic heterocycles. The standard InChI is InChI=1S/C21H23ClFN5O/c1-24-21(29)17-4-3-16(13-18(17)23)20-19(26-9-10-27-20)15-5-11-28(12-6-15)14-25-8-2-7-22/h2-4,7-10,13,15H,5-6,11-12,14H2,1H3,(H,24,29). The van der Waals surface area contributed by atoms with E-state index in [1.54, 1.807) is 30.8 Å². The predicted molar refractivity (Wildman–Crippen MR) is 113 cm³/mol. The fraction of sp³-hybridized carbons (Fsp3) is 0.333. The number of piperidine rings is 1. The molecule has 2 aromatic rings. The van der Waals surface area contributed by atoms with Crippen LogP contribution in [0.25, 0.3) is 11.3 Å². The second-order valence-corrected chi connectivity index (χ2v) is 7.00. The number of amides is 1. The van der Waals surface area contributed by atoms with E-state index >= 15 is 0 Å². The highest BCUT2D eigenvalue weighted by molar-refractivity contribution is 6.26.